The van der Waals surface area contributed by atoms with E-state index < -0.39 is 0 Å². The summed E-state index contributed by atoms with van der Waals surface area (Å²) in [7, 11) is 0. The Morgan fingerprint density at radius 2 is 1.43 bits per heavy atom. The second kappa shape index (κ2) is 14.9. The summed E-state index contributed by atoms with van der Waals surface area (Å²) in [6.07, 6.45) is 8.13. The molecule has 0 unspecified atom stereocenters. The smallest absolute Gasteiger partial charge is 0.339 e. The van der Waals surface area contributed by atoms with E-state index in [1.54, 1.807) is 6.07 Å². The largest absolute Gasteiger partial charge is 0.507 e. The molecule has 1 N–H and O–H groups in total. The van der Waals surface area contributed by atoms with Crippen LogP contribution >= 0.6 is 0 Å². The zero-order valence-corrected chi connectivity index (χ0v) is 34.9. The van der Waals surface area contributed by atoms with E-state index in [0.717, 1.165) is 56.9 Å². The van der Waals surface area contributed by atoms with Crippen LogP contribution < -0.4 is 16.0 Å². The molecule has 0 radical (unpaired) electrons. The third-order valence-corrected chi connectivity index (χ3v) is 11.1. The number of aliphatic imine (C=N–C) groups is 1. The number of hydrogen-bond acceptors (Lipinski definition) is 6. The predicted octanol–water partition coefficient (Wildman–Crippen LogP) is 10.0. The van der Waals surface area contributed by atoms with E-state index in [-0.39, 0.29) is 45.5 Å². The molecule has 5 heterocycles. The number of phenols is 1. The molecule has 3 aliphatic rings. The molecular weight excluding hydrogens is 894 g/mol. The van der Waals surface area contributed by atoms with Crippen LogP contribution in [0.3, 0.4) is 0 Å². The zero-order chi connectivity index (χ0) is 38.8. The molecule has 3 aliphatic heterocycles. The van der Waals surface area contributed by atoms with Crippen molar-refractivity contribution in [3.05, 3.63) is 175 Å². The van der Waals surface area contributed by atoms with Crippen molar-refractivity contribution < 1.29 is 26.2 Å². The van der Waals surface area contributed by atoms with Crippen LogP contribution in [0, 0.1) is 6.07 Å². The van der Waals surface area contributed by atoms with Gasteiger partial charge < -0.3 is 14.9 Å². The molecule has 0 bridgehead atoms. The molecule has 286 valence electrons. The normalized spacial score (nSPS) is 13.8. The summed E-state index contributed by atoms with van der Waals surface area (Å²) in [6.45, 7) is 8.67. The summed E-state index contributed by atoms with van der Waals surface area (Å²) in [5, 5.41) is 11.7. The molecule has 0 saturated heterocycles. The molecule has 0 spiro atoms. The molecule has 7 aromatic rings. The zero-order valence-electron chi connectivity index (χ0n) is 32.6. The molecule has 0 fully saturated rings. The Hall–Kier alpha value is -6.24. The molecule has 10 rings (SSSR count). The molecule has 58 heavy (non-hydrogen) atoms. The Morgan fingerprint density at radius 1 is 0.741 bits per heavy atom. The van der Waals surface area contributed by atoms with Crippen LogP contribution in [0.25, 0.3) is 39.5 Å². The maximum Gasteiger partial charge on any atom is 0.339 e. The SMILES string of the molecule is CC(C)c1cc(-c2ccccc2)cc(C(C)C)c1-n1c(-c2ccccc2O)nc2c1N(c1ccccc1)C1=CC=CC3=Nc4ccc(-c5ccccn5)[c-]c4B2N13.[Pt]. The third-order valence-electron chi connectivity index (χ3n) is 11.1. The Balaban J connectivity index is 0.00000436. The Bertz CT molecular complexity index is 2750. The van der Waals surface area contributed by atoms with E-state index in [0.29, 0.717) is 11.4 Å². The van der Waals surface area contributed by atoms with E-state index in [1.165, 1.54) is 22.3 Å². The summed E-state index contributed by atoms with van der Waals surface area (Å²) < 4.78 is 2.33. The fourth-order valence-corrected chi connectivity index (χ4v) is 8.47. The summed E-state index contributed by atoms with van der Waals surface area (Å²) >= 11 is 0. The molecule has 5 aromatic carbocycles. The first kappa shape index (κ1) is 37.3. The van der Waals surface area contributed by atoms with Gasteiger partial charge in [0.05, 0.1) is 16.8 Å². The van der Waals surface area contributed by atoms with Crippen LogP contribution in [0.1, 0.15) is 50.7 Å². The minimum absolute atomic E-state index is 0. The maximum atomic E-state index is 11.7. The third kappa shape index (κ3) is 6.06. The van der Waals surface area contributed by atoms with Gasteiger partial charge in [0, 0.05) is 32.9 Å². The summed E-state index contributed by atoms with van der Waals surface area (Å²) in [5.41, 5.74) is 11.8. The number of imidazole rings is 1. The number of phenolic OH excluding ortho intramolecular Hbond substituents is 1. The number of anilines is 2. The van der Waals surface area contributed by atoms with Crippen LogP contribution in [0.2, 0.25) is 0 Å². The second-order valence-corrected chi connectivity index (χ2v) is 15.4. The van der Waals surface area contributed by atoms with E-state index >= 15 is 0 Å². The number of amidine groups is 1. The van der Waals surface area contributed by atoms with E-state index in [9.17, 15) is 5.11 Å². The first-order valence-corrected chi connectivity index (χ1v) is 19.6. The van der Waals surface area contributed by atoms with Crippen molar-refractivity contribution in [1.82, 2.24) is 19.3 Å². The van der Waals surface area contributed by atoms with Crippen LogP contribution in [0.15, 0.2) is 163 Å². The van der Waals surface area contributed by atoms with Gasteiger partial charge in [-0.15, -0.1) is 29.2 Å². The van der Waals surface area contributed by atoms with Crippen molar-refractivity contribution in [2.75, 3.05) is 4.90 Å². The average Bonchev–Trinajstić information content (AvgIpc) is 3.63. The average molecular weight is 935 g/mol. The number of benzene rings is 5. The fraction of sp³-hybridized carbons (Fsp3) is 0.122. The second-order valence-electron chi connectivity index (χ2n) is 15.4. The van der Waals surface area contributed by atoms with Gasteiger partial charge in [0.25, 0.3) is 0 Å². The fourth-order valence-electron chi connectivity index (χ4n) is 8.47. The van der Waals surface area contributed by atoms with Crippen LogP contribution in [0.5, 0.6) is 5.75 Å². The van der Waals surface area contributed by atoms with Gasteiger partial charge in [-0.2, -0.15) is 0 Å². The summed E-state index contributed by atoms with van der Waals surface area (Å²) in [4.78, 5) is 20.2. The standard InChI is InChI=1S/C49H40BN6O.Pt/c1-31(2)38-28-35(33-16-7-5-8-17-33)29-39(32(3)4)46(38)55-48(37-20-11-12-22-43(37)57)53-47-49(55)54(36-18-9-6-10-19-36)45-24-15-23-44-52-42-26-25-34(41-21-13-14-27-51-41)30-40(42)50(47)56(44)45;/h5-29,31-32,57H,1-4H3;/q-1;. The van der Waals surface area contributed by atoms with Crippen molar-refractivity contribution in [3.63, 3.8) is 0 Å². The molecule has 2 aromatic heterocycles. The monoisotopic (exact) mass is 934 g/mol. The van der Waals surface area contributed by atoms with Crippen molar-refractivity contribution >= 4 is 40.9 Å². The first-order chi connectivity index (χ1) is 27.9. The molecule has 0 aliphatic carbocycles. The number of allylic oxidation sites excluding steroid dienone is 2. The Kier molecular flexibility index (Phi) is 9.61. The number of para-hydroxylation sites is 2. The quantitative estimate of drug-likeness (QED) is 0.127. The number of fused-ring (bicyclic) bond motifs is 4. The van der Waals surface area contributed by atoms with Gasteiger partial charge in [0.1, 0.15) is 29.0 Å². The van der Waals surface area contributed by atoms with Gasteiger partial charge in [-0.3, -0.25) is 14.5 Å². The molecule has 0 amide bonds. The van der Waals surface area contributed by atoms with E-state index in [1.807, 2.05) is 54.7 Å². The molecule has 9 heteroatoms. The minimum atomic E-state index is -0.387. The van der Waals surface area contributed by atoms with Gasteiger partial charge in [0.15, 0.2) is 0 Å². The van der Waals surface area contributed by atoms with Crippen LogP contribution in [-0.2, 0) is 21.1 Å². The number of aromatic nitrogens is 3. The van der Waals surface area contributed by atoms with Gasteiger partial charge in [-0.1, -0.05) is 107 Å². The summed E-state index contributed by atoms with van der Waals surface area (Å²) in [5.74, 6) is 3.82. The number of hydrogen-bond donors (Lipinski definition) is 1. The first-order valence-electron chi connectivity index (χ1n) is 19.6. The van der Waals surface area contributed by atoms with Crippen molar-refractivity contribution in [1.29, 1.82) is 0 Å². The predicted molar refractivity (Wildman–Crippen MR) is 233 cm³/mol. The molecular formula is C49H40BN6OPt-. The molecule has 7 nitrogen and oxygen atoms in total. The topological polar surface area (TPSA) is 69.8 Å². The van der Waals surface area contributed by atoms with Crippen molar-refractivity contribution in [2.45, 2.75) is 39.5 Å². The van der Waals surface area contributed by atoms with E-state index in [2.05, 4.69) is 144 Å². The number of aromatic hydroxyl groups is 1. The Labute approximate surface area is 354 Å². The number of nitrogens with zero attached hydrogens (tertiary/aromatic N) is 6. The number of rotatable bonds is 7. The maximum absolute atomic E-state index is 11.7. The van der Waals surface area contributed by atoms with Crippen LogP contribution in [0.4, 0.5) is 17.2 Å². The van der Waals surface area contributed by atoms with Crippen molar-refractivity contribution in [2.24, 2.45) is 4.99 Å². The Morgan fingerprint density at radius 3 is 2.12 bits per heavy atom. The van der Waals surface area contributed by atoms with Gasteiger partial charge in [-0.05, 0) is 100 Å². The molecule has 0 saturated carbocycles. The molecule has 0 atom stereocenters. The van der Waals surface area contributed by atoms with Crippen molar-refractivity contribution in [3.8, 4) is 45.2 Å². The summed E-state index contributed by atoms with van der Waals surface area (Å²) in [6, 6.07) is 47.2. The van der Waals surface area contributed by atoms with Crippen LogP contribution in [-0.4, -0.2) is 37.1 Å². The van der Waals surface area contributed by atoms with Gasteiger partial charge in [-0.25, -0.2) is 4.98 Å². The number of pyridine rings is 1. The minimum Gasteiger partial charge on any atom is -0.507 e. The van der Waals surface area contributed by atoms with Gasteiger partial charge >= 0.3 is 6.85 Å². The van der Waals surface area contributed by atoms with Gasteiger partial charge in [0.2, 0.25) is 0 Å². The van der Waals surface area contributed by atoms with E-state index in [4.69, 9.17) is 9.98 Å².